The van der Waals surface area contributed by atoms with Crippen LogP contribution in [0.3, 0.4) is 0 Å². The van der Waals surface area contributed by atoms with Gasteiger partial charge >= 0.3 is 0 Å². The number of rotatable bonds is 4. The molecule has 0 radical (unpaired) electrons. The smallest absolute Gasteiger partial charge is 0.195 e. The van der Waals surface area contributed by atoms with Gasteiger partial charge in [-0.05, 0) is 84.2 Å². The van der Waals surface area contributed by atoms with E-state index in [1.54, 1.807) is 6.07 Å². The van der Waals surface area contributed by atoms with Gasteiger partial charge in [0.2, 0.25) is 0 Å². The fourth-order valence-electron chi connectivity index (χ4n) is 4.73. The zero-order valence-electron chi connectivity index (χ0n) is 16.8. The molecule has 0 spiro atoms. The van der Waals surface area contributed by atoms with Crippen LogP contribution < -0.4 is 0 Å². The van der Waals surface area contributed by atoms with Crippen LogP contribution in [-0.4, -0.2) is 0 Å². The molecule has 0 amide bonds. The zero-order valence-corrected chi connectivity index (χ0v) is 16.8. The van der Waals surface area contributed by atoms with Crippen molar-refractivity contribution in [2.75, 3.05) is 0 Å². The molecule has 30 heavy (non-hydrogen) atoms. The molecule has 0 unspecified atom stereocenters. The summed E-state index contributed by atoms with van der Waals surface area (Å²) in [7, 11) is 0. The summed E-state index contributed by atoms with van der Waals surface area (Å²) < 4.78 is 70.1. The Hall–Kier alpha value is -2.43. The number of hydrogen-bond acceptors (Lipinski definition) is 0. The molecule has 0 aromatic heterocycles. The maximum atomic E-state index is 14.6. The molecule has 1 saturated carbocycles. The summed E-state index contributed by atoms with van der Waals surface area (Å²) in [6.45, 7) is 2.06. The molecule has 1 aliphatic carbocycles. The first-order valence-corrected chi connectivity index (χ1v) is 10.4. The van der Waals surface area contributed by atoms with E-state index in [2.05, 4.69) is 6.92 Å². The van der Waals surface area contributed by atoms with Gasteiger partial charge in [0, 0.05) is 0 Å². The average Bonchev–Trinajstić information content (AvgIpc) is 2.72. The summed E-state index contributed by atoms with van der Waals surface area (Å²) in [6, 6.07) is 9.06. The van der Waals surface area contributed by atoms with Gasteiger partial charge < -0.3 is 0 Å². The first kappa shape index (κ1) is 20.8. The largest absolute Gasteiger partial charge is 0.207 e. The minimum absolute atomic E-state index is 0.0127. The molecule has 0 bridgehead atoms. The van der Waals surface area contributed by atoms with Crippen LogP contribution in [0.4, 0.5) is 22.0 Å². The van der Waals surface area contributed by atoms with Gasteiger partial charge in [-0.25, -0.2) is 22.0 Å². The predicted octanol–water partition coefficient (Wildman–Crippen LogP) is 7.93. The van der Waals surface area contributed by atoms with Gasteiger partial charge in [0.15, 0.2) is 17.5 Å². The monoisotopic (exact) mass is 418 g/mol. The van der Waals surface area contributed by atoms with Gasteiger partial charge in [0.1, 0.15) is 11.6 Å². The Kier molecular flexibility index (Phi) is 5.81. The highest BCUT2D eigenvalue weighted by Crippen LogP contribution is 2.42. The van der Waals surface area contributed by atoms with Gasteiger partial charge in [-0.2, -0.15) is 0 Å². The van der Waals surface area contributed by atoms with Crippen LogP contribution in [0, 0.1) is 29.1 Å². The van der Waals surface area contributed by atoms with Crippen molar-refractivity contribution in [2.24, 2.45) is 0 Å². The SMILES string of the molecule is CCCc1ccc(C2CCC(c3cc(F)c4c(F)c(F)c(F)cc4c3)CC2)c(F)c1. The third-order valence-electron chi connectivity index (χ3n) is 6.29. The van der Waals surface area contributed by atoms with Crippen molar-refractivity contribution in [1.29, 1.82) is 0 Å². The Morgan fingerprint density at radius 2 is 1.43 bits per heavy atom. The van der Waals surface area contributed by atoms with Crippen LogP contribution in [0.25, 0.3) is 10.8 Å². The van der Waals surface area contributed by atoms with Crippen LogP contribution in [0.5, 0.6) is 0 Å². The Labute approximate surface area is 172 Å². The fourth-order valence-corrected chi connectivity index (χ4v) is 4.73. The molecule has 158 valence electrons. The van der Waals surface area contributed by atoms with Crippen molar-refractivity contribution in [3.8, 4) is 0 Å². The van der Waals surface area contributed by atoms with E-state index in [1.165, 1.54) is 12.1 Å². The fraction of sp³-hybridized carbons (Fsp3) is 0.360. The van der Waals surface area contributed by atoms with Crippen molar-refractivity contribution >= 4 is 10.8 Å². The lowest BCUT2D eigenvalue weighted by atomic mass is 9.75. The van der Waals surface area contributed by atoms with E-state index in [0.29, 0.717) is 5.56 Å². The van der Waals surface area contributed by atoms with E-state index in [4.69, 9.17) is 0 Å². The third-order valence-corrected chi connectivity index (χ3v) is 6.29. The highest BCUT2D eigenvalue weighted by Gasteiger charge is 2.27. The van der Waals surface area contributed by atoms with Gasteiger partial charge in [0.05, 0.1) is 5.39 Å². The normalized spacial score (nSPS) is 19.4. The molecule has 0 saturated heterocycles. The first-order valence-electron chi connectivity index (χ1n) is 10.4. The molecule has 3 aromatic carbocycles. The van der Waals surface area contributed by atoms with E-state index < -0.39 is 28.7 Å². The lowest BCUT2D eigenvalue weighted by Crippen LogP contribution is -2.14. The van der Waals surface area contributed by atoms with Gasteiger partial charge in [-0.3, -0.25) is 0 Å². The van der Waals surface area contributed by atoms with Gasteiger partial charge in [-0.15, -0.1) is 0 Å². The standard InChI is InChI=1S/C25H23F5/c1-2-3-14-4-9-19(20(26)10-14)16-7-5-15(6-8-16)17-11-18-13-22(28)24(29)25(30)23(18)21(27)12-17/h4,9-13,15-16H,2-3,5-8H2,1H3. The van der Waals surface area contributed by atoms with E-state index in [9.17, 15) is 22.0 Å². The second-order valence-corrected chi connectivity index (χ2v) is 8.24. The molecule has 0 nitrogen and oxygen atoms in total. The summed E-state index contributed by atoms with van der Waals surface area (Å²) in [6.07, 6.45) is 4.76. The van der Waals surface area contributed by atoms with Gasteiger partial charge in [0.25, 0.3) is 0 Å². The van der Waals surface area contributed by atoms with Crippen molar-refractivity contribution in [2.45, 2.75) is 57.3 Å². The molecule has 3 aromatic rings. The predicted molar refractivity (Wildman–Crippen MR) is 108 cm³/mol. The van der Waals surface area contributed by atoms with Crippen LogP contribution in [0.15, 0.2) is 36.4 Å². The van der Waals surface area contributed by atoms with Gasteiger partial charge in [-0.1, -0.05) is 31.5 Å². The molecule has 0 atom stereocenters. The average molecular weight is 418 g/mol. The lowest BCUT2D eigenvalue weighted by molar-refractivity contribution is 0.387. The number of hydrogen-bond donors (Lipinski definition) is 0. The summed E-state index contributed by atoms with van der Waals surface area (Å²) in [5.74, 6) is -5.44. The summed E-state index contributed by atoms with van der Waals surface area (Å²) in [4.78, 5) is 0. The van der Waals surface area contributed by atoms with E-state index in [1.807, 2.05) is 12.1 Å². The van der Waals surface area contributed by atoms with Crippen LogP contribution >= 0.6 is 0 Å². The Balaban J connectivity index is 1.54. The lowest BCUT2D eigenvalue weighted by Gasteiger charge is -2.29. The molecule has 0 N–H and O–H groups in total. The molecule has 0 heterocycles. The molecule has 5 heteroatoms. The van der Waals surface area contributed by atoms with Crippen molar-refractivity contribution < 1.29 is 22.0 Å². The van der Waals surface area contributed by atoms with Crippen molar-refractivity contribution in [3.63, 3.8) is 0 Å². The Morgan fingerprint density at radius 1 is 0.733 bits per heavy atom. The number of fused-ring (bicyclic) bond motifs is 1. The number of benzene rings is 3. The molecule has 0 aliphatic heterocycles. The van der Waals surface area contributed by atoms with E-state index in [0.717, 1.165) is 55.7 Å². The molecule has 4 rings (SSSR count). The van der Waals surface area contributed by atoms with E-state index >= 15 is 0 Å². The van der Waals surface area contributed by atoms with Crippen molar-refractivity contribution in [1.82, 2.24) is 0 Å². The molecular weight excluding hydrogens is 395 g/mol. The summed E-state index contributed by atoms with van der Waals surface area (Å²) in [5.41, 5.74) is 2.36. The van der Waals surface area contributed by atoms with Crippen LogP contribution in [0.2, 0.25) is 0 Å². The zero-order chi connectivity index (χ0) is 21.4. The Morgan fingerprint density at radius 3 is 2.10 bits per heavy atom. The van der Waals surface area contributed by atoms with Crippen LogP contribution in [-0.2, 0) is 6.42 Å². The van der Waals surface area contributed by atoms with Crippen LogP contribution in [0.1, 0.15) is 67.6 Å². The Bertz CT molecular complexity index is 1080. The topological polar surface area (TPSA) is 0 Å². The second-order valence-electron chi connectivity index (χ2n) is 8.24. The minimum Gasteiger partial charge on any atom is -0.207 e. The maximum absolute atomic E-state index is 14.6. The molecular formula is C25H23F5. The quantitative estimate of drug-likeness (QED) is 0.298. The van der Waals surface area contributed by atoms with E-state index in [-0.39, 0.29) is 23.0 Å². The summed E-state index contributed by atoms with van der Waals surface area (Å²) >= 11 is 0. The molecule has 1 aliphatic rings. The second kappa shape index (κ2) is 8.37. The highest BCUT2D eigenvalue weighted by molar-refractivity contribution is 5.84. The minimum atomic E-state index is -1.67. The highest BCUT2D eigenvalue weighted by atomic mass is 19.2. The van der Waals surface area contributed by atoms with Crippen molar-refractivity contribution in [3.05, 3.63) is 82.2 Å². The number of halogens is 5. The third kappa shape index (κ3) is 3.82. The first-order chi connectivity index (χ1) is 14.4. The number of aryl methyl sites for hydroxylation is 1. The summed E-state index contributed by atoms with van der Waals surface area (Å²) in [5, 5.41) is -0.512. The maximum Gasteiger partial charge on any atom is 0.195 e. The molecule has 1 fully saturated rings.